The quantitative estimate of drug-likeness (QED) is 0.775. The summed E-state index contributed by atoms with van der Waals surface area (Å²) in [5, 5.41) is 10.7. The first-order valence-electron chi connectivity index (χ1n) is 7.48. The lowest BCUT2D eigenvalue weighted by molar-refractivity contribution is 0.0280. The van der Waals surface area contributed by atoms with E-state index in [1.54, 1.807) is 0 Å². The van der Waals surface area contributed by atoms with Gasteiger partial charge in [0.1, 0.15) is 6.71 Å². The SMILES string of the molecule is CCCCB1CCC(O)(Cc2ccccc2)CC1. The summed E-state index contributed by atoms with van der Waals surface area (Å²) in [7, 11) is 0. The lowest BCUT2D eigenvalue weighted by atomic mass is 9.37. The lowest BCUT2D eigenvalue weighted by Crippen LogP contribution is -2.38. The van der Waals surface area contributed by atoms with Gasteiger partial charge in [0.25, 0.3) is 0 Å². The highest BCUT2D eigenvalue weighted by molar-refractivity contribution is 6.59. The Kier molecular flexibility index (Phi) is 4.88. The van der Waals surface area contributed by atoms with Crippen molar-refractivity contribution < 1.29 is 5.11 Å². The fraction of sp³-hybridized carbons (Fsp3) is 0.625. The van der Waals surface area contributed by atoms with Crippen molar-refractivity contribution in [3.05, 3.63) is 35.9 Å². The first-order chi connectivity index (χ1) is 8.72. The Balaban J connectivity index is 1.83. The van der Waals surface area contributed by atoms with Crippen LogP contribution in [0.1, 0.15) is 38.2 Å². The second-order valence-electron chi connectivity index (χ2n) is 5.97. The zero-order chi connectivity index (χ0) is 12.8. The molecule has 1 aromatic rings. The van der Waals surface area contributed by atoms with E-state index < -0.39 is 5.60 Å². The van der Waals surface area contributed by atoms with Crippen LogP contribution in [0, 0.1) is 0 Å². The van der Waals surface area contributed by atoms with Crippen LogP contribution in [0.2, 0.25) is 19.0 Å². The molecule has 0 bridgehead atoms. The van der Waals surface area contributed by atoms with Gasteiger partial charge in [-0.2, -0.15) is 0 Å². The third-order valence-electron chi connectivity index (χ3n) is 4.38. The Hall–Kier alpha value is -0.755. The van der Waals surface area contributed by atoms with Crippen LogP contribution in [0.25, 0.3) is 0 Å². The summed E-state index contributed by atoms with van der Waals surface area (Å²) in [5.41, 5.74) is 0.830. The van der Waals surface area contributed by atoms with Crippen LogP contribution in [0.4, 0.5) is 0 Å². The van der Waals surface area contributed by atoms with Gasteiger partial charge in [-0.25, -0.2) is 0 Å². The average molecular weight is 244 g/mol. The predicted molar refractivity (Wildman–Crippen MR) is 79.4 cm³/mol. The molecule has 1 saturated heterocycles. The molecule has 1 aromatic carbocycles. The molecule has 0 unspecified atom stereocenters. The van der Waals surface area contributed by atoms with Gasteiger partial charge in [-0.15, -0.1) is 0 Å². The van der Waals surface area contributed by atoms with Crippen molar-refractivity contribution in [2.24, 2.45) is 0 Å². The number of rotatable bonds is 5. The Morgan fingerprint density at radius 2 is 1.83 bits per heavy atom. The molecule has 2 heteroatoms. The van der Waals surface area contributed by atoms with Crippen molar-refractivity contribution in [3.63, 3.8) is 0 Å². The molecular formula is C16H25BO. The molecule has 2 rings (SSSR count). The summed E-state index contributed by atoms with van der Waals surface area (Å²) in [4.78, 5) is 0. The fourth-order valence-corrected chi connectivity index (χ4v) is 3.15. The van der Waals surface area contributed by atoms with E-state index in [1.807, 2.05) is 6.07 Å². The molecule has 0 aliphatic carbocycles. The zero-order valence-electron chi connectivity index (χ0n) is 11.6. The highest BCUT2D eigenvalue weighted by Gasteiger charge is 2.34. The number of unbranched alkanes of at least 4 members (excludes halogenated alkanes) is 1. The van der Waals surface area contributed by atoms with Crippen LogP contribution in [-0.2, 0) is 6.42 Å². The normalized spacial score (nSPS) is 18.9. The van der Waals surface area contributed by atoms with Gasteiger partial charge in [0.15, 0.2) is 0 Å². The molecule has 0 saturated carbocycles. The molecule has 1 nitrogen and oxygen atoms in total. The summed E-state index contributed by atoms with van der Waals surface area (Å²) in [5.74, 6) is 0. The predicted octanol–water partition coefficient (Wildman–Crippen LogP) is 4.05. The topological polar surface area (TPSA) is 20.2 Å². The third-order valence-corrected chi connectivity index (χ3v) is 4.38. The highest BCUT2D eigenvalue weighted by Crippen LogP contribution is 2.33. The van der Waals surface area contributed by atoms with Crippen molar-refractivity contribution >= 4 is 6.71 Å². The smallest absolute Gasteiger partial charge is 0.140 e. The van der Waals surface area contributed by atoms with E-state index in [0.29, 0.717) is 0 Å². The standard InChI is InChI=1S/C16H25BO/c1-2-3-11-17-12-9-16(18,10-13-17)14-15-7-5-4-6-8-15/h4-8,18H,2-3,9-14H2,1H3. The fourth-order valence-electron chi connectivity index (χ4n) is 3.15. The first-order valence-corrected chi connectivity index (χ1v) is 7.48. The van der Waals surface area contributed by atoms with Crippen molar-refractivity contribution in [2.45, 2.75) is 63.6 Å². The lowest BCUT2D eigenvalue weighted by Gasteiger charge is -2.35. The molecule has 1 aliphatic rings. The number of hydrogen-bond donors (Lipinski definition) is 1. The van der Waals surface area contributed by atoms with E-state index in [-0.39, 0.29) is 0 Å². The maximum Gasteiger partial charge on any atom is 0.140 e. The molecule has 0 spiro atoms. The van der Waals surface area contributed by atoms with E-state index in [0.717, 1.165) is 26.0 Å². The maximum absolute atomic E-state index is 10.7. The van der Waals surface area contributed by atoms with Crippen LogP contribution in [-0.4, -0.2) is 17.4 Å². The Labute approximate surface area is 112 Å². The van der Waals surface area contributed by atoms with Gasteiger partial charge in [-0.05, 0) is 18.4 Å². The van der Waals surface area contributed by atoms with E-state index >= 15 is 0 Å². The molecule has 0 amide bonds. The summed E-state index contributed by atoms with van der Waals surface area (Å²) >= 11 is 0. The summed E-state index contributed by atoms with van der Waals surface area (Å²) in [6, 6.07) is 10.4. The molecule has 1 fully saturated rings. The number of aliphatic hydroxyl groups is 1. The second kappa shape index (κ2) is 6.42. The van der Waals surface area contributed by atoms with Crippen molar-refractivity contribution in [2.75, 3.05) is 0 Å². The van der Waals surface area contributed by atoms with Crippen LogP contribution in [0.15, 0.2) is 30.3 Å². The minimum atomic E-state index is -0.440. The molecule has 0 atom stereocenters. The highest BCUT2D eigenvalue weighted by atomic mass is 16.3. The van der Waals surface area contributed by atoms with Crippen molar-refractivity contribution in [1.29, 1.82) is 0 Å². The summed E-state index contributed by atoms with van der Waals surface area (Å²) in [6.07, 6.45) is 9.22. The monoisotopic (exact) mass is 244 g/mol. The third kappa shape index (κ3) is 3.88. The minimum absolute atomic E-state index is 0.440. The average Bonchev–Trinajstić information content (AvgIpc) is 2.39. The van der Waals surface area contributed by atoms with Crippen LogP contribution in [0.3, 0.4) is 0 Å². The van der Waals surface area contributed by atoms with E-state index in [4.69, 9.17) is 0 Å². The molecule has 0 aromatic heterocycles. The van der Waals surface area contributed by atoms with Gasteiger partial charge in [0.2, 0.25) is 0 Å². The second-order valence-corrected chi connectivity index (χ2v) is 5.97. The molecular weight excluding hydrogens is 219 g/mol. The molecule has 1 aliphatic heterocycles. The molecule has 1 N–H and O–H groups in total. The number of hydrogen-bond acceptors (Lipinski definition) is 1. The molecule has 98 valence electrons. The van der Waals surface area contributed by atoms with Crippen LogP contribution >= 0.6 is 0 Å². The van der Waals surface area contributed by atoms with Gasteiger partial charge >= 0.3 is 0 Å². The van der Waals surface area contributed by atoms with Gasteiger partial charge in [-0.1, -0.05) is 69.1 Å². The van der Waals surface area contributed by atoms with Gasteiger partial charge < -0.3 is 5.11 Å². The molecule has 0 radical (unpaired) electrons. The molecule has 1 heterocycles. The Morgan fingerprint density at radius 1 is 1.17 bits per heavy atom. The Bertz CT molecular complexity index is 341. The molecule has 18 heavy (non-hydrogen) atoms. The number of benzene rings is 1. The van der Waals surface area contributed by atoms with Crippen LogP contribution in [0.5, 0.6) is 0 Å². The Morgan fingerprint density at radius 3 is 2.44 bits per heavy atom. The summed E-state index contributed by atoms with van der Waals surface area (Å²) in [6.45, 7) is 3.12. The van der Waals surface area contributed by atoms with E-state index in [2.05, 4.69) is 31.2 Å². The van der Waals surface area contributed by atoms with Crippen LogP contribution < -0.4 is 0 Å². The van der Waals surface area contributed by atoms with E-state index in [1.165, 1.54) is 37.4 Å². The van der Waals surface area contributed by atoms with E-state index in [9.17, 15) is 5.11 Å². The van der Waals surface area contributed by atoms with Gasteiger partial charge in [0, 0.05) is 6.42 Å². The largest absolute Gasteiger partial charge is 0.390 e. The van der Waals surface area contributed by atoms with Crippen molar-refractivity contribution in [3.8, 4) is 0 Å². The van der Waals surface area contributed by atoms with Gasteiger partial charge in [-0.3, -0.25) is 0 Å². The summed E-state index contributed by atoms with van der Waals surface area (Å²) < 4.78 is 0. The minimum Gasteiger partial charge on any atom is -0.390 e. The first kappa shape index (κ1) is 13.7. The zero-order valence-corrected chi connectivity index (χ0v) is 11.6. The van der Waals surface area contributed by atoms with Gasteiger partial charge in [0.05, 0.1) is 5.60 Å². The maximum atomic E-state index is 10.7. The van der Waals surface area contributed by atoms with Crippen molar-refractivity contribution in [1.82, 2.24) is 0 Å².